The number of aromatic nitrogens is 1. The van der Waals surface area contributed by atoms with Crippen LogP contribution >= 0.6 is 0 Å². The zero-order valence-corrected chi connectivity index (χ0v) is 11.0. The number of likely N-dealkylation sites (N-methyl/N-ethyl adjacent to an activating group) is 1. The van der Waals surface area contributed by atoms with Gasteiger partial charge in [-0.25, -0.2) is 4.98 Å². The number of nitrogen functional groups attached to an aromatic ring is 1. The highest BCUT2D eigenvalue weighted by Crippen LogP contribution is 2.19. The minimum Gasteiger partial charge on any atom is -0.383 e. The monoisotopic (exact) mass is 258 g/mol. The van der Waals surface area contributed by atoms with E-state index in [0.717, 1.165) is 23.0 Å². The fourth-order valence-electron chi connectivity index (χ4n) is 2.04. The van der Waals surface area contributed by atoms with Crippen LogP contribution in [0.3, 0.4) is 0 Å². The summed E-state index contributed by atoms with van der Waals surface area (Å²) in [6, 6.07) is 9.83. The minimum absolute atomic E-state index is 0.225. The third-order valence-electron chi connectivity index (χ3n) is 3.06. The van der Waals surface area contributed by atoms with Crippen LogP contribution < -0.4 is 11.5 Å². The molecule has 2 aromatic rings. The molecule has 0 atom stereocenters. The lowest BCUT2D eigenvalue weighted by Crippen LogP contribution is -2.33. The quantitative estimate of drug-likeness (QED) is 0.841. The molecule has 1 heterocycles. The first-order valence-electron chi connectivity index (χ1n) is 6.25. The second-order valence-electron chi connectivity index (χ2n) is 4.50. The summed E-state index contributed by atoms with van der Waals surface area (Å²) in [7, 11) is 0. The van der Waals surface area contributed by atoms with Gasteiger partial charge in [0.05, 0.1) is 12.1 Å². The molecule has 0 spiro atoms. The zero-order chi connectivity index (χ0) is 13.8. The summed E-state index contributed by atoms with van der Waals surface area (Å²) in [5, 5.41) is 1.04. The van der Waals surface area contributed by atoms with E-state index in [1.807, 2.05) is 42.2 Å². The molecular weight excluding hydrogens is 240 g/mol. The number of pyridine rings is 1. The van der Waals surface area contributed by atoms with E-state index >= 15 is 0 Å². The summed E-state index contributed by atoms with van der Waals surface area (Å²) in [6.07, 6.45) is 0. The van der Waals surface area contributed by atoms with Crippen LogP contribution in [-0.2, 0) is 11.3 Å². The molecule has 5 nitrogen and oxygen atoms in total. The van der Waals surface area contributed by atoms with Crippen molar-refractivity contribution in [1.29, 1.82) is 0 Å². The van der Waals surface area contributed by atoms with Gasteiger partial charge >= 0.3 is 0 Å². The Morgan fingerprint density at radius 2 is 2.11 bits per heavy atom. The molecule has 1 aromatic heterocycles. The zero-order valence-electron chi connectivity index (χ0n) is 11.0. The first-order valence-corrected chi connectivity index (χ1v) is 6.25. The van der Waals surface area contributed by atoms with Gasteiger partial charge < -0.3 is 11.5 Å². The number of carbonyl (C=O) groups is 1. The van der Waals surface area contributed by atoms with E-state index in [2.05, 4.69) is 4.98 Å². The third-order valence-corrected chi connectivity index (χ3v) is 3.06. The Kier molecular flexibility index (Phi) is 3.97. The fourth-order valence-corrected chi connectivity index (χ4v) is 2.04. The highest BCUT2D eigenvalue weighted by molar-refractivity contribution is 5.81. The molecular formula is C14H18N4O. The third kappa shape index (κ3) is 3.20. The lowest BCUT2D eigenvalue weighted by molar-refractivity contribution is -0.119. The smallest absolute Gasteiger partial charge is 0.231 e. The Bertz CT molecular complexity index is 597. The summed E-state index contributed by atoms with van der Waals surface area (Å²) in [5.41, 5.74) is 13.0. The van der Waals surface area contributed by atoms with Gasteiger partial charge in [-0.05, 0) is 18.7 Å². The van der Waals surface area contributed by atoms with Gasteiger partial charge in [-0.1, -0.05) is 25.1 Å². The van der Waals surface area contributed by atoms with Crippen molar-refractivity contribution < 1.29 is 4.79 Å². The van der Waals surface area contributed by atoms with Gasteiger partial charge in [-0.2, -0.15) is 0 Å². The molecule has 0 aliphatic rings. The van der Waals surface area contributed by atoms with Crippen LogP contribution in [-0.4, -0.2) is 28.9 Å². The second-order valence-corrected chi connectivity index (χ2v) is 4.50. The number of benzene rings is 1. The molecule has 19 heavy (non-hydrogen) atoms. The molecule has 0 unspecified atom stereocenters. The maximum atomic E-state index is 11.0. The summed E-state index contributed by atoms with van der Waals surface area (Å²) >= 11 is 0. The second kappa shape index (κ2) is 5.67. The molecule has 0 aliphatic carbocycles. The van der Waals surface area contributed by atoms with Crippen molar-refractivity contribution >= 4 is 22.6 Å². The van der Waals surface area contributed by atoms with Crippen LogP contribution in [0.2, 0.25) is 0 Å². The van der Waals surface area contributed by atoms with Crippen molar-refractivity contribution in [1.82, 2.24) is 9.88 Å². The van der Waals surface area contributed by atoms with Crippen molar-refractivity contribution in [3.63, 3.8) is 0 Å². The van der Waals surface area contributed by atoms with E-state index in [9.17, 15) is 4.79 Å². The number of amides is 1. The number of para-hydroxylation sites is 1. The largest absolute Gasteiger partial charge is 0.383 e. The van der Waals surface area contributed by atoms with Crippen molar-refractivity contribution in [3.05, 3.63) is 35.9 Å². The molecule has 100 valence electrons. The number of hydrogen-bond acceptors (Lipinski definition) is 4. The summed E-state index contributed by atoms with van der Waals surface area (Å²) in [5.74, 6) is 0.163. The minimum atomic E-state index is -0.339. The van der Waals surface area contributed by atoms with Crippen molar-refractivity contribution in [2.24, 2.45) is 5.73 Å². The molecule has 2 rings (SSSR count). The molecule has 1 aromatic carbocycles. The van der Waals surface area contributed by atoms with Gasteiger partial charge in [-0.3, -0.25) is 9.69 Å². The average Bonchev–Trinajstić information content (AvgIpc) is 2.38. The van der Waals surface area contributed by atoms with E-state index in [1.54, 1.807) is 0 Å². The van der Waals surface area contributed by atoms with Crippen LogP contribution in [0, 0.1) is 0 Å². The fraction of sp³-hybridized carbons (Fsp3) is 0.286. The number of nitrogens with two attached hydrogens (primary N) is 2. The van der Waals surface area contributed by atoms with E-state index in [4.69, 9.17) is 11.5 Å². The maximum Gasteiger partial charge on any atom is 0.231 e. The Labute approximate surface area is 112 Å². The molecule has 0 saturated heterocycles. The number of primary amides is 1. The molecule has 5 heteroatoms. The predicted molar refractivity (Wildman–Crippen MR) is 76.3 cm³/mol. The van der Waals surface area contributed by atoms with Crippen LogP contribution in [0.1, 0.15) is 12.5 Å². The SMILES string of the molecule is CCN(CC(N)=O)Cc1cc2ccccc2nc1N. The highest BCUT2D eigenvalue weighted by Gasteiger charge is 2.10. The van der Waals surface area contributed by atoms with Crippen molar-refractivity contribution in [2.75, 3.05) is 18.8 Å². The highest BCUT2D eigenvalue weighted by atomic mass is 16.1. The van der Waals surface area contributed by atoms with Crippen molar-refractivity contribution in [2.45, 2.75) is 13.5 Å². The number of hydrogen-bond donors (Lipinski definition) is 2. The Balaban J connectivity index is 2.28. The predicted octanol–water partition coefficient (Wildman–Crippen LogP) is 1.12. The van der Waals surface area contributed by atoms with E-state index in [1.165, 1.54) is 0 Å². The molecule has 0 bridgehead atoms. The van der Waals surface area contributed by atoms with E-state index in [-0.39, 0.29) is 12.5 Å². The Morgan fingerprint density at radius 1 is 1.37 bits per heavy atom. The van der Waals surface area contributed by atoms with Gasteiger partial charge in [0.25, 0.3) is 0 Å². The molecule has 0 radical (unpaired) electrons. The first-order chi connectivity index (χ1) is 9.10. The molecule has 4 N–H and O–H groups in total. The van der Waals surface area contributed by atoms with Gasteiger partial charge in [0.1, 0.15) is 5.82 Å². The topological polar surface area (TPSA) is 85.2 Å². The van der Waals surface area contributed by atoms with Crippen LogP contribution in [0.4, 0.5) is 5.82 Å². The summed E-state index contributed by atoms with van der Waals surface area (Å²) in [6.45, 7) is 3.51. The summed E-state index contributed by atoms with van der Waals surface area (Å²) < 4.78 is 0. The Morgan fingerprint density at radius 3 is 2.79 bits per heavy atom. The number of fused-ring (bicyclic) bond motifs is 1. The van der Waals surface area contributed by atoms with E-state index < -0.39 is 0 Å². The Hall–Kier alpha value is -2.14. The van der Waals surface area contributed by atoms with Crippen LogP contribution in [0.15, 0.2) is 30.3 Å². The average molecular weight is 258 g/mol. The first kappa shape index (κ1) is 13.3. The lowest BCUT2D eigenvalue weighted by atomic mass is 10.1. The number of anilines is 1. The van der Waals surface area contributed by atoms with Gasteiger partial charge in [0.2, 0.25) is 5.91 Å². The number of nitrogens with zero attached hydrogens (tertiary/aromatic N) is 2. The maximum absolute atomic E-state index is 11.0. The van der Waals surface area contributed by atoms with Gasteiger partial charge in [0.15, 0.2) is 0 Å². The molecule has 0 aliphatic heterocycles. The molecule has 1 amide bonds. The van der Waals surface area contributed by atoms with Crippen LogP contribution in [0.25, 0.3) is 10.9 Å². The number of carbonyl (C=O) groups excluding carboxylic acids is 1. The van der Waals surface area contributed by atoms with Crippen LogP contribution in [0.5, 0.6) is 0 Å². The normalized spacial score (nSPS) is 11.1. The van der Waals surface area contributed by atoms with Crippen molar-refractivity contribution in [3.8, 4) is 0 Å². The van der Waals surface area contributed by atoms with E-state index in [0.29, 0.717) is 12.4 Å². The standard InChI is InChI=1S/C14H18N4O/c1-2-18(9-13(15)19)8-11-7-10-5-3-4-6-12(10)17-14(11)16/h3-7H,2,8-9H2,1H3,(H2,15,19)(H2,16,17). The molecule has 0 fully saturated rings. The van der Waals surface area contributed by atoms with Gasteiger partial charge in [0, 0.05) is 17.5 Å². The lowest BCUT2D eigenvalue weighted by Gasteiger charge is -2.19. The number of rotatable bonds is 5. The van der Waals surface area contributed by atoms with Gasteiger partial charge in [-0.15, -0.1) is 0 Å². The molecule has 0 saturated carbocycles. The summed E-state index contributed by atoms with van der Waals surface area (Å²) in [4.78, 5) is 17.3.